The van der Waals surface area contributed by atoms with E-state index in [0.717, 1.165) is 45.6 Å². The van der Waals surface area contributed by atoms with Crippen LogP contribution in [0.2, 0.25) is 0 Å². The van der Waals surface area contributed by atoms with Gasteiger partial charge in [0.15, 0.2) is 0 Å². The number of rotatable bonds is 5. The first-order valence-electron chi connectivity index (χ1n) is 6.79. The third-order valence-corrected chi connectivity index (χ3v) is 5.11. The molecule has 0 aliphatic carbocycles. The van der Waals surface area contributed by atoms with Crippen LogP contribution in [0.4, 0.5) is 0 Å². The first-order valence-corrected chi connectivity index (χ1v) is 8.64. The van der Waals surface area contributed by atoms with Crippen molar-refractivity contribution < 1.29 is 13.2 Å². The molecule has 2 rings (SSSR count). The topological polar surface area (TPSA) is 58.6 Å². The Bertz CT molecular complexity index is 352. The van der Waals surface area contributed by atoms with Crippen molar-refractivity contribution in [3.05, 3.63) is 0 Å². The van der Waals surface area contributed by atoms with Crippen LogP contribution in [0.3, 0.4) is 0 Å². The molecule has 1 N–H and O–H groups in total. The summed E-state index contributed by atoms with van der Waals surface area (Å²) in [6.07, 6.45) is 4.55. The summed E-state index contributed by atoms with van der Waals surface area (Å²) >= 11 is 0. The van der Waals surface area contributed by atoms with E-state index >= 15 is 0 Å². The predicted octanol–water partition coefficient (Wildman–Crippen LogP) is 0.284. The molecular formula is C12H24N2O3S. The Labute approximate surface area is 110 Å². The Morgan fingerprint density at radius 2 is 2.06 bits per heavy atom. The minimum Gasteiger partial charge on any atom is -0.381 e. The van der Waals surface area contributed by atoms with E-state index in [1.807, 2.05) is 0 Å². The molecule has 0 aromatic rings. The molecule has 0 saturated carbocycles. The van der Waals surface area contributed by atoms with Crippen molar-refractivity contribution in [3.63, 3.8) is 0 Å². The number of hydrogen-bond acceptors (Lipinski definition) is 4. The van der Waals surface area contributed by atoms with Crippen LogP contribution in [0.15, 0.2) is 0 Å². The van der Waals surface area contributed by atoms with Gasteiger partial charge in [-0.05, 0) is 37.6 Å². The number of sulfonamides is 1. The van der Waals surface area contributed by atoms with Crippen molar-refractivity contribution in [1.82, 2.24) is 9.62 Å². The number of nitrogens with one attached hydrogen (secondary N) is 1. The molecule has 2 fully saturated rings. The third-order valence-electron chi connectivity index (χ3n) is 3.84. The van der Waals surface area contributed by atoms with Crippen molar-refractivity contribution in [2.24, 2.45) is 11.8 Å². The van der Waals surface area contributed by atoms with Crippen molar-refractivity contribution >= 4 is 10.0 Å². The van der Waals surface area contributed by atoms with E-state index in [4.69, 9.17) is 4.74 Å². The number of hydrogen-bond donors (Lipinski definition) is 1. The SMILES string of the molecule is CS(=O)(=O)N1CCCC(CNCC2CCOC2)C1. The van der Waals surface area contributed by atoms with Crippen LogP contribution in [0, 0.1) is 11.8 Å². The Hall–Kier alpha value is -0.170. The third kappa shape index (κ3) is 4.19. The van der Waals surface area contributed by atoms with E-state index in [-0.39, 0.29) is 0 Å². The quantitative estimate of drug-likeness (QED) is 0.784. The molecule has 106 valence electrons. The van der Waals surface area contributed by atoms with Gasteiger partial charge in [0.2, 0.25) is 10.0 Å². The van der Waals surface area contributed by atoms with Gasteiger partial charge in [0, 0.05) is 26.2 Å². The average molecular weight is 276 g/mol. The summed E-state index contributed by atoms with van der Waals surface area (Å²) in [4.78, 5) is 0. The Morgan fingerprint density at radius 1 is 1.28 bits per heavy atom. The molecule has 0 aromatic carbocycles. The van der Waals surface area contributed by atoms with Gasteiger partial charge < -0.3 is 10.1 Å². The van der Waals surface area contributed by atoms with E-state index in [2.05, 4.69) is 5.32 Å². The number of piperidine rings is 1. The van der Waals surface area contributed by atoms with E-state index in [1.165, 1.54) is 6.26 Å². The fraction of sp³-hybridized carbons (Fsp3) is 1.00. The monoisotopic (exact) mass is 276 g/mol. The predicted molar refractivity (Wildman–Crippen MR) is 70.9 cm³/mol. The molecule has 2 aliphatic heterocycles. The van der Waals surface area contributed by atoms with E-state index < -0.39 is 10.0 Å². The second kappa shape index (κ2) is 6.32. The molecule has 6 heteroatoms. The molecule has 2 unspecified atom stereocenters. The lowest BCUT2D eigenvalue weighted by molar-refractivity contribution is 0.184. The highest BCUT2D eigenvalue weighted by atomic mass is 32.2. The molecule has 2 aliphatic rings. The summed E-state index contributed by atoms with van der Waals surface area (Å²) in [6.45, 7) is 5.03. The van der Waals surface area contributed by atoms with Gasteiger partial charge in [0.05, 0.1) is 12.9 Å². The Kier molecular flexibility index (Phi) is 5.00. The summed E-state index contributed by atoms with van der Waals surface area (Å²) in [5.41, 5.74) is 0. The molecule has 0 aromatic heterocycles. The Balaban J connectivity index is 1.69. The van der Waals surface area contributed by atoms with Crippen molar-refractivity contribution in [2.75, 3.05) is 45.6 Å². The van der Waals surface area contributed by atoms with Crippen LogP contribution in [-0.4, -0.2) is 58.4 Å². The summed E-state index contributed by atoms with van der Waals surface area (Å²) in [5.74, 6) is 1.09. The largest absolute Gasteiger partial charge is 0.381 e. The zero-order chi connectivity index (χ0) is 13.0. The maximum Gasteiger partial charge on any atom is 0.211 e. The minimum absolute atomic E-state index is 0.454. The molecule has 2 heterocycles. The van der Waals surface area contributed by atoms with Crippen molar-refractivity contribution in [2.45, 2.75) is 19.3 Å². The van der Waals surface area contributed by atoms with Crippen LogP contribution in [0.1, 0.15) is 19.3 Å². The second-order valence-electron chi connectivity index (χ2n) is 5.52. The molecule has 0 bridgehead atoms. The fourth-order valence-electron chi connectivity index (χ4n) is 2.73. The van der Waals surface area contributed by atoms with Gasteiger partial charge in [-0.15, -0.1) is 0 Å². The van der Waals surface area contributed by atoms with Crippen LogP contribution >= 0.6 is 0 Å². The highest BCUT2D eigenvalue weighted by Crippen LogP contribution is 2.18. The second-order valence-corrected chi connectivity index (χ2v) is 7.50. The van der Waals surface area contributed by atoms with Crippen LogP contribution < -0.4 is 5.32 Å². The van der Waals surface area contributed by atoms with Gasteiger partial charge in [-0.1, -0.05) is 0 Å². The lowest BCUT2D eigenvalue weighted by atomic mass is 9.99. The van der Waals surface area contributed by atoms with E-state index in [0.29, 0.717) is 24.9 Å². The molecule has 0 amide bonds. The molecular weight excluding hydrogens is 252 g/mol. The van der Waals surface area contributed by atoms with Crippen LogP contribution in [0.5, 0.6) is 0 Å². The average Bonchev–Trinajstić information content (AvgIpc) is 2.81. The van der Waals surface area contributed by atoms with Crippen molar-refractivity contribution in [3.8, 4) is 0 Å². The normalized spacial score (nSPS) is 30.7. The molecule has 5 nitrogen and oxygen atoms in total. The fourth-order valence-corrected chi connectivity index (χ4v) is 3.67. The maximum atomic E-state index is 11.5. The van der Waals surface area contributed by atoms with Gasteiger partial charge in [0.1, 0.15) is 0 Å². The first kappa shape index (κ1) is 14.2. The standard InChI is InChI=1S/C12H24N2O3S/c1-18(15,16)14-5-2-3-11(9-14)7-13-8-12-4-6-17-10-12/h11-13H,2-10H2,1H3. The zero-order valence-electron chi connectivity index (χ0n) is 11.1. The van der Waals surface area contributed by atoms with Gasteiger partial charge in [-0.3, -0.25) is 0 Å². The molecule has 18 heavy (non-hydrogen) atoms. The first-order chi connectivity index (χ1) is 8.55. The van der Waals surface area contributed by atoms with Crippen molar-refractivity contribution in [1.29, 1.82) is 0 Å². The van der Waals surface area contributed by atoms with Crippen LogP contribution in [0.25, 0.3) is 0 Å². The smallest absolute Gasteiger partial charge is 0.211 e. The van der Waals surface area contributed by atoms with Gasteiger partial charge in [-0.25, -0.2) is 12.7 Å². The van der Waals surface area contributed by atoms with Gasteiger partial charge in [0.25, 0.3) is 0 Å². The van der Waals surface area contributed by atoms with Gasteiger partial charge in [-0.2, -0.15) is 0 Å². The number of nitrogens with zero attached hydrogens (tertiary/aromatic N) is 1. The summed E-state index contributed by atoms with van der Waals surface area (Å²) in [7, 11) is -3.01. The molecule has 2 saturated heterocycles. The Morgan fingerprint density at radius 3 is 2.72 bits per heavy atom. The van der Waals surface area contributed by atoms with E-state index in [9.17, 15) is 8.42 Å². The summed E-state index contributed by atoms with van der Waals surface area (Å²) < 4.78 is 30.0. The number of ether oxygens (including phenoxy) is 1. The minimum atomic E-state index is -3.01. The summed E-state index contributed by atoms with van der Waals surface area (Å²) in [5, 5.41) is 3.47. The molecule has 2 atom stereocenters. The van der Waals surface area contributed by atoms with E-state index in [1.54, 1.807) is 4.31 Å². The lowest BCUT2D eigenvalue weighted by Crippen LogP contribution is -2.42. The lowest BCUT2D eigenvalue weighted by Gasteiger charge is -2.31. The molecule has 0 spiro atoms. The van der Waals surface area contributed by atoms with Crippen LogP contribution in [-0.2, 0) is 14.8 Å². The highest BCUT2D eigenvalue weighted by molar-refractivity contribution is 7.88. The summed E-state index contributed by atoms with van der Waals surface area (Å²) in [6, 6.07) is 0. The highest BCUT2D eigenvalue weighted by Gasteiger charge is 2.25. The maximum absolute atomic E-state index is 11.5. The molecule has 0 radical (unpaired) electrons. The van der Waals surface area contributed by atoms with Gasteiger partial charge >= 0.3 is 0 Å². The zero-order valence-corrected chi connectivity index (χ0v) is 11.9.